The summed E-state index contributed by atoms with van der Waals surface area (Å²) in [6.07, 6.45) is 5.01. The van der Waals surface area contributed by atoms with E-state index in [1.54, 1.807) is 4.68 Å². The lowest BCUT2D eigenvalue weighted by Gasteiger charge is -2.02. The number of benzene rings is 2. The summed E-state index contributed by atoms with van der Waals surface area (Å²) in [5, 5.41) is 21.7. The van der Waals surface area contributed by atoms with Gasteiger partial charge in [0.2, 0.25) is 10.6 Å². The van der Waals surface area contributed by atoms with E-state index in [1.807, 2.05) is 30.5 Å². The highest BCUT2D eigenvalue weighted by Crippen LogP contribution is 2.29. The second-order valence-corrected chi connectivity index (χ2v) is 6.75. The minimum absolute atomic E-state index is 0.450. The molecule has 128 valence electrons. The standard InChI is InChI=1S/C19H16N6S/c26-19-24-23-18(17-15-9-4-10-16(15)21-22-17)25(19)20-11-13-7-3-6-12-5-1-2-8-14(12)13/h1-3,5-8,11H,4,9-10H2,(H,21,22)(H,24,26). The zero-order valence-corrected chi connectivity index (χ0v) is 14.8. The van der Waals surface area contributed by atoms with Crippen molar-refractivity contribution in [1.82, 2.24) is 25.1 Å². The van der Waals surface area contributed by atoms with Crippen LogP contribution in [0.3, 0.4) is 0 Å². The van der Waals surface area contributed by atoms with Gasteiger partial charge in [-0.05, 0) is 42.3 Å². The van der Waals surface area contributed by atoms with E-state index in [1.165, 1.54) is 16.6 Å². The summed E-state index contributed by atoms with van der Waals surface area (Å²) in [7, 11) is 0. The van der Waals surface area contributed by atoms with Crippen molar-refractivity contribution < 1.29 is 0 Å². The van der Waals surface area contributed by atoms with Crippen LogP contribution in [0.15, 0.2) is 47.6 Å². The molecule has 0 saturated carbocycles. The third-order valence-electron chi connectivity index (χ3n) is 4.80. The molecule has 1 aliphatic carbocycles. The molecule has 0 unspecified atom stereocenters. The number of rotatable bonds is 3. The molecule has 1 aliphatic rings. The average molecular weight is 360 g/mol. The van der Waals surface area contributed by atoms with Gasteiger partial charge in [0.05, 0.1) is 6.21 Å². The van der Waals surface area contributed by atoms with Gasteiger partial charge in [0.15, 0.2) is 0 Å². The quantitative estimate of drug-likeness (QED) is 0.430. The van der Waals surface area contributed by atoms with Crippen LogP contribution in [0.25, 0.3) is 22.3 Å². The summed E-state index contributed by atoms with van der Waals surface area (Å²) in [5.41, 5.74) is 4.28. The molecule has 0 radical (unpaired) electrons. The second-order valence-electron chi connectivity index (χ2n) is 6.36. The van der Waals surface area contributed by atoms with Crippen molar-refractivity contribution in [3.05, 3.63) is 64.1 Å². The number of aromatic nitrogens is 5. The zero-order chi connectivity index (χ0) is 17.5. The molecule has 6 nitrogen and oxygen atoms in total. The van der Waals surface area contributed by atoms with E-state index in [0.29, 0.717) is 10.6 Å². The first-order valence-corrected chi connectivity index (χ1v) is 8.98. The number of hydrogen-bond donors (Lipinski definition) is 2. The molecular weight excluding hydrogens is 344 g/mol. The highest BCUT2D eigenvalue weighted by Gasteiger charge is 2.23. The topological polar surface area (TPSA) is 74.7 Å². The van der Waals surface area contributed by atoms with Gasteiger partial charge in [-0.1, -0.05) is 42.5 Å². The zero-order valence-electron chi connectivity index (χ0n) is 13.9. The molecular formula is C19H16N6S. The maximum atomic E-state index is 5.38. The van der Waals surface area contributed by atoms with E-state index in [9.17, 15) is 0 Å². The molecule has 26 heavy (non-hydrogen) atoms. The maximum Gasteiger partial charge on any atom is 0.216 e. The van der Waals surface area contributed by atoms with Crippen LogP contribution in [0.2, 0.25) is 0 Å². The number of H-pyrrole nitrogens is 2. The predicted molar refractivity (Wildman–Crippen MR) is 104 cm³/mol. The first-order chi connectivity index (χ1) is 12.8. The first-order valence-electron chi connectivity index (χ1n) is 8.57. The van der Waals surface area contributed by atoms with Crippen molar-refractivity contribution in [3.63, 3.8) is 0 Å². The molecule has 0 saturated heterocycles. The minimum atomic E-state index is 0.450. The van der Waals surface area contributed by atoms with Gasteiger partial charge < -0.3 is 0 Å². The minimum Gasteiger partial charge on any atom is -0.282 e. The lowest BCUT2D eigenvalue weighted by atomic mass is 10.1. The van der Waals surface area contributed by atoms with E-state index in [2.05, 4.69) is 43.7 Å². The Labute approximate surface area is 154 Å². The van der Waals surface area contributed by atoms with Crippen LogP contribution >= 0.6 is 12.2 Å². The summed E-state index contributed by atoms with van der Waals surface area (Å²) in [4.78, 5) is 0. The third-order valence-corrected chi connectivity index (χ3v) is 5.07. The number of aromatic amines is 2. The Morgan fingerprint density at radius 1 is 1.04 bits per heavy atom. The van der Waals surface area contributed by atoms with Gasteiger partial charge in [-0.25, -0.2) is 5.10 Å². The van der Waals surface area contributed by atoms with Crippen LogP contribution in [-0.2, 0) is 12.8 Å². The van der Waals surface area contributed by atoms with Crippen molar-refractivity contribution >= 4 is 29.2 Å². The van der Waals surface area contributed by atoms with E-state index in [0.717, 1.165) is 35.9 Å². The summed E-state index contributed by atoms with van der Waals surface area (Å²) in [6, 6.07) is 14.4. The predicted octanol–water partition coefficient (Wildman–Crippen LogP) is 3.85. The fourth-order valence-electron chi connectivity index (χ4n) is 3.54. The molecule has 4 aromatic rings. The van der Waals surface area contributed by atoms with Crippen LogP contribution in [0.1, 0.15) is 23.2 Å². The van der Waals surface area contributed by atoms with E-state index in [4.69, 9.17) is 12.2 Å². The van der Waals surface area contributed by atoms with Crippen molar-refractivity contribution in [2.45, 2.75) is 19.3 Å². The van der Waals surface area contributed by atoms with Crippen molar-refractivity contribution in [2.75, 3.05) is 0 Å². The van der Waals surface area contributed by atoms with Crippen LogP contribution < -0.4 is 0 Å². The molecule has 2 N–H and O–H groups in total. The van der Waals surface area contributed by atoms with Crippen molar-refractivity contribution in [2.24, 2.45) is 5.10 Å². The van der Waals surface area contributed by atoms with E-state index >= 15 is 0 Å². The number of nitrogens with zero attached hydrogens (tertiary/aromatic N) is 4. The summed E-state index contributed by atoms with van der Waals surface area (Å²) in [6.45, 7) is 0. The van der Waals surface area contributed by atoms with Gasteiger partial charge in [-0.2, -0.15) is 20.0 Å². The molecule has 2 aromatic heterocycles. The molecule has 0 aliphatic heterocycles. The number of nitrogens with one attached hydrogen (secondary N) is 2. The summed E-state index contributed by atoms with van der Waals surface area (Å²) >= 11 is 5.38. The Morgan fingerprint density at radius 3 is 2.88 bits per heavy atom. The monoisotopic (exact) mass is 360 g/mol. The van der Waals surface area contributed by atoms with Crippen LogP contribution in [0, 0.1) is 4.77 Å². The van der Waals surface area contributed by atoms with Crippen molar-refractivity contribution in [3.8, 4) is 11.5 Å². The van der Waals surface area contributed by atoms with Gasteiger partial charge in [-0.3, -0.25) is 5.10 Å². The van der Waals surface area contributed by atoms with Crippen molar-refractivity contribution in [1.29, 1.82) is 0 Å². The van der Waals surface area contributed by atoms with Crippen LogP contribution in [0.5, 0.6) is 0 Å². The lowest BCUT2D eigenvalue weighted by Crippen LogP contribution is -1.97. The Bertz CT molecular complexity index is 1190. The van der Waals surface area contributed by atoms with Gasteiger partial charge in [0.1, 0.15) is 5.69 Å². The Morgan fingerprint density at radius 2 is 1.92 bits per heavy atom. The number of aryl methyl sites for hydroxylation is 1. The molecule has 5 rings (SSSR count). The van der Waals surface area contributed by atoms with Crippen LogP contribution in [0.4, 0.5) is 0 Å². The van der Waals surface area contributed by atoms with E-state index < -0.39 is 0 Å². The Kier molecular flexibility index (Phi) is 3.53. The van der Waals surface area contributed by atoms with Crippen LogP contribution in [-0.4, -0.2) is 31.3 Å². The Hall–Kier alpha value is -3.06. The Balaban J connectivity index is 1.60. The third kappa shape index (κ3) is 2.40. The lowest BCUT2D eigenvalue weighted by molar-refractivity contribution is 0.844. The largest absolute Gasteiger partial charge is 0.282 e. The summed E-state index contributed by atoms with van der Waals surface area (Å²) < 4.78 is 2.09. The smallest absolute Gasteiger partial charge is 0.216 e. The molecule has 0 bridgehead atoms. The molecule has 0 fully saturated rings. The molecule has 2 aromatic carbocycles. The normalized spacial score (nSPS) is 13.7. The average Bonchev–Trinajstić information content (AvgIpc) is 3.36. The van der Waals surface area contributed by atoms with Gasteiger partial charge in [0.25, 0.3) is 0 Å². The van der Waals surface area contributed by atoms with Gasteiger partial charge >= 0.3 is 0 Å². The molecule has 0 spiro atoms. The molecule has 7 heteroatoms. The molecule has 0 amide bonds. The second kappa shape index (κ2) is 6.03. The highest BCUT2D eigenvalue weighted by atomic mass is 32.1. The van der Waals surface area contributed by atoms with Gasteiger partial charge in [-0.15, -0.1) is 0 Å². The SMILES string of the molecule is S=c1[nH]nc(-c2n[nH]c3c2CCC3)n1N=Cc1cccc2ccccc12. The number of fused-ring (bicyclic) bond motifs is 2. The maximum absolute atomic E-state index is 5.38. The van der Waals surface area contributed by atoms with E-state index in [-0.39, 0.29) is 0 Å². The number of hydrogen-bond acceptors (Lipinski definition) is 4. The molecule has 0 atom stereocenters. The van der Waals surface area contributed by atoms with Gasteiger partial charge in [0, 0.05) is 16.8 Å². The highest BCUT2D eigenvalue weighted by molar-refractivity contribution is 7.71. The molecule has 2 heterocycles. The fourth-order valence-corrected chi connectivity index (χ4v) is 3.72. The summed E-state index contributed by atoms with van der Waals surface area (Å²) in [5.74, 6) is 0.644. The first kappa shape index (κ1) is 15.2. The fraction of sp³-hybridized carbons (Fsp3) is 0.158.